The molecule has 0 bridgehead atoms. The summed E-state index contributed by atoms with van der Waals surface area (Å²) >= 11 is 0. The number of hydrogen-bond acceptors (Lipinski definition) is 7. The van der Waals surface area contributed by atoms with E-state index in [1.54, 1.807) is 45.1 Å². The van der Waals surface area contributed by atoms with Gasteiger partial charge in [-0.05, 0) is 13.0 Å². The third-order valence-electron chi connectivity index (χ3n) is 4.13. The summed E-state index contributed by atoms with van der Waals surface area (Å²) in [4.78, 5) is 19.9. The fourth-order valence-electron chi connectivity index (χ4n) is 2.75. The molecule has 1 saturated heterocycles. The Morgan fingerprint density at radius 1 is 1.27 bits per heavy atom. The second kappa shape index (κ2) is 6.90. The lowest BCUT2D eigenvalue weighted by molar-refractivity contribution is 0.0498. The summed E-state index contributed by atoms with van der Waals surface area (Å²) < 4.78 is 7.08. The van der Waals surface area contributed by atoms with Crippen molar-refractivity contribution in [1.82, 2.24) is 39.9 Å². The van der Waals surface area contributed by atoms with Crippen LogP contribution in [0, 0.1) is 0 Å². The van der Waals surface area contributed by atoms with Crippen LogP contribution in [0.2, 0.25) is 0 Å². The second-order valence-electron chi connectivity index (χ2n) is 5.93. The van der Waals surface area contributed by atoms with E-state index in [-0.39, 0.29) is 11.9 Å². The van der Waals surface area contributed by atoms with Gasteiger partial charge in [-0.15, -0.1) is 5.10 Å². The number of amides is 1. The van der Waals surface area contributed by atoms with Crippen molar-refractivity contribution in [1.29, 1.82) is 0 Å². The summed E-state index contributed by atoms with van der Waals surface area (Å²) in [5, 5.41) is 16.4. The van der Waals surface area contributed by atoms with Crippen molar-refractivity contribution in [2.24, 2.45) is 0 Å². The molecule has 0 aromatic carbocycles. The van der Waals surface area contributed by atoms with Gasteiger partial charge in [-0.2, -0.15) is 15.0 Å². The predicted octanol–water partition coefficient (Wildman–Crippen LogP) is 0.409. The molecule has 1 aliphatic rings. The van der Waals surface area contributed by atoms with Gasteiger partial charge in [0.2, 0.25) is 5.88 Å². The number of ether oxygens (including phenoxy) is 1. The van der Waals surface area contributed by atoms with E-state index in [4.69, 9.17) is 4.74 Å². The maximum Gasteiger partial charge on any atom is 0.255 e. The van der Waals surface area contributed by atoms with Gasteiger partial charge in [-0.3, -0.25) is 4.79 Å². The lowest BCUT2D eigenvalue weighted by atomic mass is 10.1. The van der Waals surface area contributed by atoms with Crippen LogP contribution in [0.3, 0.4) is 0 Å². The van der Waals surface area contributed by atoms with E-state index in [9.17, 15) is 4.79 Å². The topological polar surface area (TPSA) is 104 Å². The molecular formula is C16H18N8O2. The molecule has 134 valence electrons. The fourth-order valence-corrected chi connectivity index (χ4v) is 2.75. The van der Waals surface area contributed by atoms with Crippen LogP contribution in [0.5, 0.6) is 5.88 Å². The first-order valence-corrected chi connectivity index (χ1v) is 8.36. The van der Waals surface area contributed by atoms with Crippen molar-refractivity contribution in [2.75, 3.05) is 19.7 Å². The second-order valence-corrected chi connectivity index (χ2v) is 5.93. The maximum absolute atomic E-state index is 12.5. The summed E-state index contributed by atoms with van der Waals surface area (Å²) in [6.07, 6.45) is 6.66. The smallest absolute Gasteiger partial charge is 0.255 e. The highest BCUT2D eigenvalue weighted by Crippen LogP contribution is 2.23. The normalized spacial score (nSPS) is 14.3. The van der Waals surface area contributed by atoms with Gasteiger partial charge in [0, 0.05) is 25.4 Å². The molecule has 4 heterocycles. The quantitative estimate of drug-likeness (QED) is 0.631. The van der Waals surface area contributed by atoms with E-state index in [1.807, 2.05) is 13.1 Å². The number of aromatic nitrogens is 7. The van der Waals surface area contributed by atoms with Gasteiger partial charge in [0.15, 0.2) is 0 Å². The first-order chi connectivity index (χ1) is 12.7. The van der Waals surface area contributed by atoms with Crippen LogP contribution < -0.4 is 4.74 Å². The highest BCUT2D eigenvalue weighted by Gasteiger charge is 2.33. The van der Waals surface area contributed by atoms with E-state index < -0.39 is 0 Å². The summed E-state index contributed by atoms with van der Waals surface area (Å²) in [5.74, 6) is 0.477. The van der Waals surface area contributed by atoms with Crippen LogP contribution in [0.25, 0.3) is 0 Å². The Kier molecular flexibility index (Phi) is 4.30. The van der Waals surface area contributed by atoms with Crippen molar-refractivity contribution < 1.29 is 9.53 Å². The summed E-state index contributed by atoms with van der Waals surface area (Å²) in [6.45, 7) is 4.09. The molecule has 0 radical (unpaired) electrons. The number of hydrogen-bond donors (Lipinski definition) is 0. The molecule has 10 nitrogen and oxygen atoms in total. The molecule has 26 heavy (non-hydrogen) atoms. The van der Waals surface area contributed by atoms with Gasteiger partial charge >= 0.3 is 0 Å². The molecule has 1 fully saturated rings. The summed E-state index contributed by atoms with van der Waals surface area (Å²) in [6, 6.07) is 3.57. The van der Waals surface area contributed by atoms with Crippen molar-refractivity contribution in [3.63, 3.8) is 0 Å². The molecule has 3 aromatic heterocycles. The number of likely N-dealkylation sites (tertiary alicyclic amines) is 1. The predicted molar refractivity (Wildman–Crippen MR) is 89.5 cm³/mol. The van der Waals surface area contributed by atoms with Crippen LogP contribution in [0.1, 0.15) is 29.0 Å². The third-order valence-corrected chi connectivity index (χ3v) is 4.13. The molecular weight excluding hydrogens is 336 g/mol. The van der Waals surface area contributed by atoms with Gasteiger partial charge < -0.3 is 9.64 Å². The number of carbonyl (C=O) groups excluding carboxylic acids is 1. The molecule has 0 saturated carbocycles. The Morgan fingerprint density at radius 3 is 2.77 bits per heavy atom. The van der Waals surface area contributed by atoms with Gasteiger partial charge in [0.25, 0.3) is 5.91 Å². The minimum Gasteiger partial charge on any atom is -0.478 e. The van der Waals surface area contributed by atoms with E-state index >= 15 is 0 Å². The number of pyridine rings is 1. The van der Waals surface area contributed by atoms with E-state index in [0.717, 1.165) is 5.69 Å². The van der Waals surface area contributed by atoms with Crippen molar-refractivity contribution in [3.05, 3.63) is 48.2 Å². The molecule has 3 aromatic rings. The third kappa shape index (κ3) is 3.25. The van der Waals surface area contributed by atoms with E-state index in [1.165, 1.54) is 0 Å². The fraction of sp³-hybridized carbons (Fsp3) is 0.375. The molecule has 0 aliphatic carbocycles. The molecule has 10 heteroatoms. The molecule has 0 spiro atoms. The highest BCUT2D eigenvalue weighted by molar-refractivity contribution is 5.94. The maximum atomic E-state index is 12.5. The molecule has 0 atom stereocenters. The van der Waals surface area contributed by atoms with Crippen LogP contribution in [0.15, 0.2) is 36.9 Å². The lowest BCUT2D eigenvalue weighted by Gasteiger charge is -2.38. The Bertz CT molecular complexity index is 868. The van der Waals surface area contributed by atoms with Gasteiger partial charge in [0.1, 0.15) is 12.2 Å². The number of rotatable bonds is 6. The standard InChI is InChI=1S/C16H18N8O2/c1-2-26-15-4-3-12(7-17-15)16(25)22-10-14(11-22)23-8-13(20-21-23)9-24-18-5-6-19-24/h3-8,14H,2,9-11H2,1H3. The first-order valence-electron chi connectivity index (χ1n) is 8.36. The van der Waals surface area contributed by atoms with Crippen molar-refractivity contribution >= 4 is 5.91 Å². The molecule has 0 unspecified atom stereocenters. The molecule has 0 N–H and O–H groups in total. The average Bonchev–Trinajstić information content (AvgIpc) is 3.27. The lowest BCUT2D eigenvalue weighted by Crippen LogP contribution is -2.50. The molecule has 1 aliphatic heterocycles. The highest BCUT2D eigenvalue weighted by atomic mass is 16.5. The van der Waals surface area contributed by atoms with Crippen molar-refractivity contribution in [3.8, 4) is 5.88 Å². The van der Waals surface area contributed by atoms with Crippen LogP contribution in [-0.2, 0) is 6.54 Å². The molecule has 4 rings (SSSR count). The van der Waals surface area contributed by atoms with Crippen molar-refractivity contribution in [2.45, 2.75) is 19.5 Å². The van der Waals surface area contributed by atoms with Crippen LogP contribution in [0.4, 0.5) is 0 Å². The minimum absolute atomic E-state index is 0.0436. The zero-order valence-electron chi connectivity index (χ0n) is 14.3. The Balaban J connectivity index is 1.33. The van der Waals surface area contributed by atoms with Crippen LogP contribution in [-0.4, -0.2) is 65.5 Å². The summed E-state index contributed by atoms with van der Waals surface area (Å²) in [5.41, 5.74) is 1.33. The minimum atomic E-state index is -0.0436. The first kappa shape index (κ1) is 16.2. The Hall–Kier alpha value is -3.30. The SMILES string of the molecule is CCOc1ccc(C(=O)N2CC(n3cc(Cn4nccn4)nn3)C2)cn1. The average molecular weight is 354 g/mol. The Labute approximate surface area is 149 Å². The van der Waals surface area contributed by atoms with Crippen LogP contribution >= 0.6 is 0 Å². The van der Waals surface area contributed by atoms with E-state index in [2.05, 4.69) is 25.5 Å². The number of nitrogens with zero attached hydrogens (tertiary/aromatic N) is 8. The van der Waals surface area contributed by atoms with Gasteiger partial charge in [-0.25, -0.2) is 9.67 Å². The summed E-state index contributed by atoms with van der Waals surface area (Å²) in [7, 11) is 0. The largest absolute Gasteiger partial charge is 0.478 e. The zero-order valence-corrected chi connectivity index (χ0v) is 14.3. The Morgan fingerprint density at radius 2 is 2.08 bits per heavy atom. The van der Waals surface area contributed by atoms with Gasteiger partial charge in [0.05, 0.1) is 36.8 Å². The number of carbonyl (C=O) groups is 1. The van der Waals surface area contributed by atoms with E-state index in [0.29, 0.717) is 37.7 Å². The van der Waals surface area contributed by atoms with Gasteiger partial charge in [-0.1, -0.05) is 5.21 Å². The zero-order chi connectivity index (χ0) is 17.9. The molecule has 1 amide bonds. The monoisotopic (exact) mass is 354 g/mol.